The van der Waals surface area contributed by atoms with E-state index in [-0.39, 0.29) is 0 Å². The van der Waals surface area contributed by atoms with Gasteiger partial charge in [-0.2, -0.15) is 0 Å². The molecule has 120 valence electrons. The van der Waals surface area contributed by atoms with Crippen molar-refractivity contribution in [2.24, 2.45) is 0 Å². The van der Waals surface area contributed by atoms with Crippen LogP contribution in [0.2, 0.25) is 0 Å². The number of fused-ring (bicyclic) bond motifs is 6. The molecule has 2 aromatic heterocycles. The number of hydrogen-bond donors (Lipinski definition) is 0. The van der Waals surface area contributed by atoms with E-state index in [0.717, 1.165) is 11.3 Å². The molecular formula is C23H18N2. The smallest absolute Gasteiger partial charge is 0.145 e. The Labute approximate surface area is 146 Å². The maximum absolute atomic E-state index is 4.82. The molecule has 0 N–H and O–H groups in total. The third-order valence-electron chi connectivity index (χ3n) is 5.10. The largest absolute Gasteiger partial charge is 0.292 e. The highest BCUT2D eigenvalue weighted by Gasteiger charge is 2.15. The number of hydrogen-bond acceptors (Lipinski definition) is 1. The van der Waals surface area contributed by atoms with Crippen molar-refractivity contribution in [1.29, 1.82) is 0 Å². The summed E-state index contributed by atoms with van der Waals surface area (Å²) in [6.45, 7) is 4.34. The molecule has 0 aliphatic carbocycles. The molecule has 5 aromatic rings. The molecule has 5 rings (SSSR count). The molecule has 0 saturated carbocycles. The maximum Gasteiger partial charge on any atom is 0.145 e. The van der Waals surface area contributed by atoms with Gasteiger partial charge in [-0.3, -0.25) is 4.40 Å². The van der Waals surface area contributed by atoms with Crippen molar-refractivity contribution < 1.29 is 0 Å². The third-order valence-corrected chi connectivity index (χ3v) is 5.10. The van der Waals surface area contributed by atoms with E-state index in [4.69, 9.17) is 4.98 Å². The van der Waals surface area contributed by atoms with E-state index in [9.17, 15) is 0 Å². The van der Waals surface area contributed by atoms with Gasteiger partial charge in [0.15, 0.2) is 0 Å². The molecule has 0 aliphatic rings. The summed E-state index contributed by atoms with van der Waals surface area (Å²) in [5.74, 6) is 0. The minimum absolute atomic E-state index is 1.02. The number of aromatic nitrogens is 2. The molecule has 2 heterocycles. The van der Waals surface area contributed by atoms with E-state index in [1.807, 2.05) is 6.20 Å². The molecule has 0 aliphatic heterocycles. The first-order chi connectivity index (χ1) is 12.3. The van der Waals surface area contributed by atoms with Crippen LogP contribution in [0.15, 0.2) is 72.9 Å². The molecular weight excluding hydrogens is 304 g/mol. The van der Waals surface area contributed by atoms with Crippen molar-refractivity contribution in [3.05, 3.63) is 84.1 Å². The summed E-state index contributed by atoms with van der Waals surface area (Å²) in [5, 5.41) is 3.71. The predicted octanol–water partition coefficient (Wildman–Crippen LogP) is 5.92. The summed E-state index contributed by atoms with van der Waals surface area (Å²) < 4.78 is 2.31. The topological polar surface area (TPSA) is 17.3 Å². The maximum atomic E-state index is 4.82. The summed E-state index contributed by atoms with van der Waals surface area (Å²) in [6, 6.07) is 23.6. The molecule has 0 spiro atoms. The zero-order valence-electron chi connectivity index (χ0n) is 14.3. The van der Waals surface area contributed by atoms with Gasteiger partial charge in [0.05, 0.1) is 17.4 Å². The van der Waals surface area contributed by atoms with Gasteiger partial charge in [-0.25, -0.2) is 4.98 Å². The van der Waals surface area contributed by atoms with Gasteiger partial charge >= 0.3 is 0 Å². The van der Waals surface area contributed by atoms with Crippen LogP contribution in [-0.2, 0) is 0 Å². The van der Waals surface area contributed by atoms with Crippen LogP contribution in [0, 0.1) is 13.8 Å². The molecule has 2 nitrogen and oxygen atoms in total. The predicted molar refractivity (Wildman–Crippen MR) is 105 cm³/mol. The number of rotatable bonds is 1. The van der Waals surface area contributed by atoms with Crippen molar-refractivity contribution in [2.45, 2.75) is 13.8 Å². The Balaban J connectivity index is 2.05. The van der Waals surface area contributed by atoms with E-state index in [1.165, 1.54) is 38.4 Å². The monoisotopic (exact) mass is 322 g/mol. The number of nitrogens with zero attached hydrogens (tertiary/aromatic N) is 2. The molecule has 0 unspecified atom stereocenters. The van der Waals surface area contributed by atoms with E-state index >= 15 is 0 Å². The lowest BCUT2D eigenvalue weighted by Gasteiger charge is -2.13. The average molecular weight is 322 g/mol. The summed E-state index contributed by atoms with van der Waals surface area (Å²) in [7, 11) is 0. The van der Waals surface area contributed by atoms with E-state index in [0.29, 0.717) is 0 Å². The van der Waals surface area contributed by atoms with Gasteiger partial charge in [-0.1, -0.05) is 60.7 Å². The number of imidazole rings is 1. The van der Waals surface area contributed by atoms with Crippen LogP contribution in [0.4, 0.5) is 0 Å². The highest BCUT2D eigenvalue weighted by molar-refractivity contribution is 6.12. The van der Waals surface area contributed by atoms with Crippen molar-refractivity contribution >= 4 is 27.3 Å². The molecule has 0 fully saturated rings. The molecule has 0 radical (unpaired) electrons. The lowest BCUT2D eigenvalue weighted by molar-refractivity contribution is 1.25. The van der Waals surface area contributed by atoms with Gasteiger partial charge in [0.2, 0.25) is 0 Å². The standard InChI is InChI=1S/C23H18N2/c1-15-8-7-9-16(2)22(15)21-14-24-23-19-12-4-3-10-17(19)18-11-5-6-13-20(18)25(21)23/h3-14H,1-2H3. The summed E-state index contributed by atoms with van der Waals surface area (Å²) in [4.78, 5) is 4.82. The zero-order valence-corrected chi connectivity index (χ0v) is 14.3. The lowest BCUT2D eigenvalue weighted by Crippen LogP contribution is -1.96. The van der Waals surface area contributed by atoms with Crippen molar-refractivity contribution in [3.8, 4) is 11.3 Å². The fraction of sp³-hybridized carbons (Fsp3) is 0.0870. The Bertz CT molecular complexity index is 1240. The first-order valence-corrected chi connectivity index (χ1v) is 8.59. The zero-order chi connectivity index (χ0) is 17.0. The Morgan fingerprint density at radius 3 is 2.08 bits per heavy atom. The molecule has 0 saturated heterocycles. The quantitative estimate of drug-likeness (QED) is 0.350. The first kappa shape index (κ1) is 14.2. The Morgan fingerprint density at radius 2 is 1.32 bits per heavy atom. The molecule has 2 heteroatoms. The molecule has 0 amide bonds. The minimum Gasteiger partial charge on any atom is -0.292 e. The van der Waals surface area contributed by atoms with Gasteiger partial charge in [0, 0.05) is 16.3 Å². The van der Waals surface area contributed by atoms with Gasteiger partial charge < -0.3 is 0 Å². The van der Waals surface area contributed by atoms with Crippen molar-refractivity contribution in [2.75, 3.05) is 0 Å². The lowest BCUT2D eigenvalue weighted by atomic mass is 10.00. The van der Waals surface area contributed by atoms with E-state index in [2.05, 4.69) is 85.0 Å². The van der Waals surface area contributed by atoms with Crippen LogP contribution < -0.4 is 0 Å². The number of aryl methyl sites for hydroxylation is 2. The minimum atomic E-state index is 1.02. The van der Waals surface area contributed by atoms with Crippen LogP contribution in [0.25, 0.3) is 38.6 Å². The number of benzene rings is 3. The van der Waals surface area contributed by atoms with Crippen LogP contribution in [0.1, 0.15) is 11.1 Å². The van der Waals surface area contributed by atoms with Crippen LogP contribution in [-0.4, -0.2) is 9.38 Å². The molecule has 3 aromatic carbocycles. The van der Waals surface area contributed by atoms with Crippen LogP contribution in [0.3, 0.4) is 0 Å². The van der Waals surface area contributed by atoms with Crippen molar-refractivity contribution in [3.63, 3.8) is 0 Å². The normalized spacial score (nSPS) is 11.6. The van der Waals surface area contributed by atoms with Gasteiger partial charge in [-0.15, -0.1) is 0 Å². The van der Waals surface area contributed by atoms with Crippen molar-refractivity contribution in [1.82, 2.24) is 9.38 Å². The second kappa shape index (κ2) is 5.18. The highest BCUT2D eigenvalue weighted by Crippen LogP contribution is 2.34. The Kier molecular flexibility index (Phi) is 2.95. The van der Waals surface area contributed by atoms with E-state index < -0.39 is 0 Å². The summed E-state index contributed by atoms with van der Waals surface area (Å²) in [5.41, 5.74) is 7.21. The number of para-hydroxylation sites is 1. The third kappa shape index (κ3) is 1.94. The second-order valence-corrected chi connectivity index (χ2v) is 6.63. The fourth-order valence-corrected chi connectivity index (χ4v) is 3.99. The van der Waals surface area contributed by atoms with Gasteiger partial charge in [-0.05, 0) is 36.4 Å². The second-order valence-electron chi connectivity index (χ2n) is 6.63. The summed E-state index contributed by atoms with van der Waals surface area (Å²) >= 11 is 0. The molecule has 25 heavy (non-hydrogen) atoms. The van der Waals surface area contributed by atoms with Crippen LogP contribution >= 0.6 is 0 Å². The van der Waals surface area contributed by atoms with Crippen LogP contribution in [0.5, 0.6) is 0 Å². The average Bonchev–Trinajstić information content (AvgIpc) is 3.07. The van der Waals surface area contributed by atoms with E-state index in [1.54, 1.807) is 0 Å². The fourth-order valence-electron chi connectivity index (χ4n) is 3.99. The number of pyridine rings is 1. The Morgan fingerprint density at radius 1 is 0.680 bits per heavy atom. The van der Waals surface area contributed by atoms with Gasteiger partial charge in [0.1, 0.15) is 5.65 Å². The SMILES string of the molecule is Cc1cccc(C)c1-c1cnc2c3ccccc3c3ccccc3n12. The molecule has 0 atom stereocenters. The van der Waals surface area contributed by atoms with Gasteiger partial charge in [0.25, 0.3) is 0 Å². The summed E-state index contributed by atoms with van der Waals surface area (Å²) in [6.07, 6.45) is 2.02. The first-order valence-electron chi connectivity index (χ1n) is 8.59. The highest BCUT2D eigenvalue weighted by atomic mass is 15.0. The molecule has 0 bridgehead atoms. The Hall–Kier alpha value is -3.13.